The Morgan fingerprint density at radius 2 is 1.86 bits per heavy atom. The van der Waals surface area contributed by atoms with Crippen LogP contribution in [0.3, 0.4) is 0 Å². The van der Waals surface area contributed by atoms with Crippen molar-refractivity contribution in [3.8, 4) is 11.5 Å². The van der Waals surface area contributed by atoms with E-state index in [0.29, 0.717) is 11.4 Å². The van der Waals surface area contributed by atoms with Gasteiger partial charge in [0.15, 0.2) is 0 Å². The number of carbonyl (C=O) groups is 1. The highest BCUT2D eigenvalue weighted by molar-refractivity contribution is 5.90. The van der Waals surface area contributed by atoms with Gasteiger partial charge in [0, 0.05) is 24.1 Å². The second kappa shape index (κ2) is 6.58. The number of hydrogen-bond acceptors (Lipinski definition) is 3. The molecule has 110 valence electrons. The molecule has 3 aromatic rings. The zero-order chi connectivity index (χ0) is 15.2. The van der Waals surface area contributed by atoms with Crippen molar-refractivity contribution in [2.24, 2.45) is 0 Å². The van der Waals surface area contributed by atoms with Crippen molar-refractivity contribution in [2.75, 3.05) is 5.32 Å². The van der Waals surface area contributed by atoms with Gasteiger partial charge in [-0.15, -0.1) is 0 Å². The maximum absolute atomic E-state index is 11.9. The summed E-state index contributed by atoms with van der Waals surface area (Å²) in [4.78, 5) is 11.9. The van der Waals surface area contributed by atoms with Gasteiger partial charge in [-0.25, -0.2) is 0 Å². The minimum Gasteiger partial charge on any atom is -0.457 e. The number of hydrogen-bond donors (Lipinski definition) is 1. The van der Waals surface area contributed by atoms with Crippen molar-refractivity contribution in [3.63, 3.8) is 0 Å². The monoisotopic (exact) mass is 293 g/mol. The number of nitrogens with one attached hydrogen (secondary N) is 1. The second-order valence-corrected chi connectivity index (χ2v) is 4.69. The summed E-state index contributed by atoms with van der Waals surface area (Å²) >= 11 is 0. The van der Waals surface area contributed by atoms with Crippen LogP contribution in [0.25, 0.3) is 0 Å². The van der Waals surface area contributed by atoms with Gasteiger partial charge in [0.2, 0.25) is 5.91 Å². The first-order chi connectivity index (χ1) is 10.8. The molecule has 0 bridgehead atoms. The number of amides is 1. The number of aromatic nitrogens is 2. The molecular formula is C17H15N3O2. The van der Waals surface area contributed by atoms with Crippen molar-refractivity contribution in [3.05, 3.63) is 73.1 Å². The Morgan fingerprint density at radius 3 is 2.64 bits per heavy atom. The second-order valence-electron chi connectivity index (χ2n) is 4.69. The predicted octanol–water partition coefficient (Wildman–Crippen LogP) is 3.31. The Hall–Kier alpha value is -3.08. The average molecular weight is 293 g/mol. The molecular weight excluding hydrogens is 278 g/mol. The zero-order valence-electron chi connectivity index (χ0n) is 11.8. The summed E-state index contributed by atoms with van der Waals surface area (Å²) in [6, 6.07) is 18.6. The van der Waals surface area contributed by atoms with Crippen LogP contribution in [0.15, 0.2) is 73.1 Å². The summed E-state index contributed by atoms with van der Waals surface area (Å²) in [5.41, 5.74) is 0.686. The van der Waals surface area contributed by atoms with Crippen LogP contribution in [0.1, 0.15) is 0 Å². The maximum Gasteiger partial charge on any atom is 0.246 e. The van der Waals surface area contributed by atoms with Gasteiger partial charge in [-0.1, -0.05) is 24.3 Å². The molecule has 0 fully saturated rings. The van der Waals surface area contributed by atoms with Gasteiger partial charge >= 0.3 is 0 Å². The third-order valence-electron chi connectivity index (χ3n) is 2.96. The fourth-order valence-electron chi connectivity index (χ4n) is 2.00. The van der Waals surface area contributed by atoms with Gasteiger partial charge in [0.05, 0.1) is 0 Å². The number of ether oxygens (including phenoxy) is 1. The number of anilines is 1. The normalized spacial score (nSPS) is 10.2. The molecule has 1 N–H and O–H groups in total. The van der Waals surface area contributed by atoms with Crippen molar-refractivity contribution < 1.29 is 9.53 Å². The molecule has 0 saturated carbocycles. The fourth-order valence-corrected chi connectivity index (χ4v) is 2.00. The van der Waals surface area contributed by atoms with Crippen molar-refractivity contribution in [1.82, 2.24) is 9.78 Å². The highest BCUT2D eigenvalue weighted by Crippen LogP contribution is 2.23. The summed E-state index contributed by atoms with van der Waals surface area (Å²) in [7, 11) is 0. The first-order valence-corrected chi connectivity index (χ1v) is 6.90. The van der Waals surface area contributed by atoms with Crippen molar-refractivity contribution >= 4 is 11.6 Å². The van der Waals surface area contributed by atoms with Crippen molar-refractivity contribution in [1.29, 1.82) is 0 Å². The van der Waals surface area contributed by atoms with Crippen LogP contribution in [-0.4, -0.2) is 15.7 Å². The average Bonchev–Trinajstić information content (AvgIpc) is 3.01. The van der Waals surface area contributed by atoms with Crippen LogP contribution in [0.5, 0.6) is 11.5 Å². The summed E-state index contributed by atoms with van der Waals surface area (Å²) < 4.78 is 7.31. The first kappa shape index (κ1) is 13.9. The Kier molecular flexibility index (Phi) is 4.15. The smallest absolute Gasteiger partial charge is 0.246 e. The van der Waals surface area contributed by atoms with E-state index >= 15 is 0 Å². The third-order valence-corrected chi connectivity index (χ3v) is 2.96. The lowest BCUT2D eigenvalue weighted by Crippen LogP contribution is -2.18. The molecule has 0 unspecified atom stereocenters. The van der Waals surface area contributed by atoms with Gasteiger partial charge in [-0.2, -0.15) is 5.10 Å². The van der Waals surface area contributed by atoms with Crippen LogP contribution in [-0.2, 0) is 11.3 Å². The molecule has 0 spiro atoms. The minimum atomic E-state index is -0.138. The Balaban J connectivity index is 1.65. The molecule has 0 saturated heterocycles. The van der Waals surface area contributed by atoms with Crippen LogP contribution < -0.4 is 10.1 Å². The number of benzene rings is 2. The largest absolute Gasteiger partial charge is 0.457 e. The Labute approximate surface area is 128 Å². The standard InChI is InChI=1S/C17H15N3O2/c21-17(13-20-11-5-10-18-20)19-14-6-4-9-16(12-14)22-15-7-2-1-3-8-15/h1-12H,13H2,(H,19,21). The molecule has 0 aliphatic carbocycles. The molecule has 0 aliphatic rings. The number of para-hydroxylation sites is 1. The fraction of sp³-hybridized carbons (Fsp3) is 0.0588. The molecule has 3 rings (SSSR count). The number of carbonyl (C=O) groups excluding carboxylic acids is 1. The maximum atomic E-state index is 11.9. The number of rotatable bonds is 5. The minimum absolute atomic E-state index is 0.138. The molecule has 0 aliphatic heterocycles. The highest BCUT2D eigenvalue weighted by Gasteiger charge is 2.05. The van der Waals surface area contributed by atoms with E-state index < -0.39 is 0 Å². The van der Waals surface area contributed by atoms with E-state index in [2.05, 4.69) is 10.4 Å². The van der Waals surface area contributed by atoms with Crippen LogP contribution in [0, 0.1) is 0 Å². The zero-order valence-corrected chi connectivity index (χ0v) is 11.8. The Morgan fingerprint density at radius 1 is 1.05 bits per heavy atom. The molecule has 5 nitrogen and oxygen atoms in total. The lowest BCUT2D eigenvalue weighted by atomic mass is 10.3. The molecule has 0 atom stereocenters. The van der Waals surface area contributed by atoms with E-state index in [1.54, 1.807) is 29.2 Å². The van der Waals surface area contributed by atoms with E-state index in [4.69, 9.17) is 4.74 Å². The summed E-state index contributed by atoms with van der Waals surface area (Å²) in [6.45, 7) is 0.177. The van der Waals surface area contributed by atoms with Crippen molar-refractivity contribution in [2.45, 2.75) is 6.54 Å². The SMILES string of the molecule is O=C(Cn1cccn1)Nc1cccc(Oc2ccccc2)c1. The molecule has 0 radical (unpaired) electrons. The van der Waals surface area contributed by atoms with Gasteiger partial charge < -0.3 is 10.1 Å². The van der Waals surface area contributed by atoms with E-state index in [9.17, 15) is 4.79 Å². The summed E-state index contributed by atoms with van der Waals surface area (Å²) in [5, 5.41) is 6.83. The third kappa shape index (κ3) is 3.73. The van der Waals surface area contributed by atoms with Gasteiger partial charge in [0.25, 0.3) is 0 Å². The molecule has 1 heterocycles. The lowest BCUT2D eigenvalue weighted by Gasteiger charge is -2.09. The van der Waals surface area contributed by atoms with Crippen LogP contribution >= 0.6 is 0 Å². The first-order valence-electron chi connectivity index (χ1n) is 6.90. The van der Waals surface area contributed by atoms with E-state index in [1.807, 2.05) is 48.5 Å². The molecule has 5 heteroatoms. The van der Waals surface area contributed by atoms with E-state index in [1.165, 1.54) is 0 Å². The summed E-state index contributed by atoms with van der Waals surface area (Å²) in [6.07, 6.45) is 3.39. The van der Waals surface area contributed by atoms with E-state index in [0.717, 1.165) is 5.75 Å². The highest BCUT2D eigenvalue weighted by atomic mass is 16.5. The quantitative estimate of drug-likeness (QED) is 0.785. The number of nitrogens with zero attached hydrogens (tertiary/aromatic N) is 2. The molecule has 1 amide bonds. The van der Waals surface area contributed by atoms with Gasteiger partial charge in [0.1, 0.15) is 18.0 Å². The predicted molar refractivity (Wildman–Crippen MR) is 83.8 cm³/mol. The van der Waals surface area contributed by atoms with Crippen LogP contribution in [0.2, 0.25) is 0 Å². The van der Waals surface area contributed by atoms with Gasteiger partial charge in [-0.05, 0) is 30.3 Å². The van der Waals surface area contributed by atoms with Gasteiger partial charge in [-0.3, -0.25) is 9.48 Å². The molecule has 22 heavy (non-hydrogen) atoms. The topological polar surface area (TPSA) is 56.2 Å². The molecule has 2 aromatic carbocycles. The van der Waals surface area contributed by atoms with Crippen LogP contribution in [0.4, 0.5) is 5.69 Å². The van der Waals surface area contributed by atoms with E-state index in [-0.39, 0.29) is 12.5 Å². The molecule has 1 aromatic heterocycles. The summed E-state index contributed by atoms with van der Waals surface area (Å²) in [5.74, 6) is 1.28. The Bertz CT molecular complexity index is 740. The lowest BCUT2D eigenvalue weighted by molar-refractivity contribution is -0.116.